The third-order valence-electron chi connectivity index (χ3n) is 7.68. The third-order valence-corrected chi connectivity index (χ3v) is 7.68. The van der Waals surface area contributed by atoms with Gasteiger partial charge in [-0.2, -0.15) is 0 Å². The summed E-state index contributed by atoms with van der Waals surface area (Å²) < 4.78 is 28.4. The lowest BCUT2D eigenvalue weighted by Gasteiger charge is -2.39. The second-order valence-corrected chi connectivity index (χ2v) is 12.6. The van der Waals surface area contributed by atoms with Gasteiger partial charge < -0.3 is 54.5 Å². The zero-order chi connectivity index (χ0) is 33.3. The zero-order valence-corrected chi connectivity index (χ0v) is 26.6. The van der Waals surface area contributed by atoms with Gasteiger partial charge >= 0.3 is 6.09 Å². The topological polar surface area (TPSA) is 180 Å². The molecule has 256 valence electrons. The third kappa shape index (κ3) is 10.7. The molecule has 9 atom stereocenters. The minimum absolute atomic E-state index is 0.0802. The molecule has 2 saturated heterocycles. The summed E-state index contributed by atoms with van der Waals surface area (Å²) in [5.74, 6) is 0. The minimum Gasteiger partial charge on any atom is -0.444 e. The number of benzene rings is 2. The molecular weight excluding hydrogens is 600 g/mol. The Kier molecular flexibility index (Phi) is 13.3. The molecule has 2 aliphatic heterocycles. The number of amides is 1. The molecule has 2 aliphatic rings. The number of nitrogens with one attached hydrogen (secondary N) is 1. The predicted octanol–water partition coefficient (Wildman–Crippen LogP) is 1.24. The summed E-state index contributed by atoms with van der Waals surface area (Å²) in [5.41, 5.74) is 0.777. The van der Waals surface area contributed by atoms with E-state index >= 15 is 0 Å². The summed E-state index contributed by atoms with van der Waals surface area (Å²) in [4.78, 5) is 13.8. The van der Waals surface area contributed by atoms with E-state index in [-0.39, 0.29) is 32.8 Å². The monoisotopic (exact) mass is 648 g/mol. The molecule has 46 heavy (non-hydrogen) atoms. The Balaban J connectivity index is 1.39. The van der Waals surface area contributed by atoms with Crippen molar-refractivity contribution in [3.63, 3.8) is 0 Å². The maximum Gasteiger partial charge on any atom is 0.407 e. The van der Waals surface area contributed by atoms with Crippen LogP contribution in [0.4, 0.5) is 4.79 Å². The van der Waals surface area contributed by atoms with E-state index in [1.807, 2.05) is 48.5 Å². The summed E-state index contributed by atoms with van der Waals surface area (Å²) in [5, 5.41) is 57.6. The number of hydrogen-bond donors (Lipinski definition) is 6. The lowest BCUT2D eigenvalue weighted by atomic mass is 10.0. The van der Waals surface area contributed by atoms with E-state index in [1.165, 1.54) is 0 Å². The normalized spacial score (nSPS) is 26.6. The number of rotatable bonds is 13. The van der Waals surface area contributed by atoms with Crippen molar-refractivity contribution in [2.75, 3.05) is 39.4 Å². The van der Waals surface area contributed by atoms with Gasteiger partial charge in [-0.25, -0.2) is 4.79 Å². The van der Waals surface area contributed by atoms with Crippen LogP contribution in [0.2, 0.25) is 0 Å². The van der Waals surface area contributed by atoms with Crippen LogP contribution in [0.1, 0.15) is 50.9 Å². The van der Waals surface area contributed by atoms with Gasteiger partial charge in [0.15, 0.2) is 12.6 Å². The van der Waals surface area contributed by atoms with Gasteiger partial charge in [-0.05, 0) is 27.2 Å². The molecule has 13 heteroatoms. The highest BCUT2D eigenvalue weighted by Crippen LogP contribution is 2.30. The highest BCUT2D eigenvalue weighted by molar-refractivity contribution is 5.67. The van der Waals surface area contributed by atoms with Gasteiger partial charge in [0.1, 0.15) is 30.0 Å². The van der Waals surface area contributed by atoms with Crippen molar-refractivity contribution in [1.82, 2.24) is 10.2 Å². The van der Waals surface area contributed by atoms with E-state index in [2.05, 4.69) is 5.32 Å². The van der Waals surface area contributed by atoms with Crippen molar-refractivity contribution in [1.29, 1.82) is 0 Å². The molecule has 0 aromatic heterocycles. The van der Waals surface area contributed by atoms with E-state index in [4.69, 9.17) is 23.7 Å². The van der Waals surface area contributed by atoms with Gasteiger partial charge in [0, 0.05) is 37.3 Å². The van der Waals surface area contributed by atoms with Crippen molar-refractivity contribution < 1.29 is 54.0 Å². The lowest BCUT2D eigenvalue weighted by Crippen LogP contribution is -2.55. The van der Waals surface area contributed by atoms with Crippen molar-refractivity contribution in [2.45, 2.75) is 88.1 Å². The number of ether oxygens (including phenoxy) is 5. The van der Waals surface area contributed by atoms with Crippen LogP contribution in [0.3, 0.4) is 0 Å². The molecule has 0 spiro atoms. The van der Waals surface area contributed by atoms with Crippen molar-refractivity contribution in [3.8, 4) is 0 Å². The van der Waals surface area contributed by atoms with Crippen molar-refractivity contribution >= 4 is 6.09 Å². The van der Waals surface area contributed by atoms with Gasteiger partial charge in [-0.1, -0.05) is 60.7 Å². The first-order valence-electron chi connectivity index (χ1n) is 15.6. The van der Waals surface area contributed by atoms with E-state index < -0.39 is 67.0 Å². The predicted molar refractivity (Wildman–Crippen MR) is 165 cm³/mol. The van der Waals surface area contributed by atoms with Crippen LogP contribution in [0.25, 0.3) is 0 Å². The number of carbonyl (C=O) groups excluding carboxylic acids is 1. The SMILES string of the molecule is CC(C)(C)OC(=O)NCCN(C[C@H](O)[C@@H](O)[C@H]1CCOC(c2ccccc2)O1)C[C@H](O)[C@@H](O)[C@@H]1OC(c2ccccc2)OC[C@H]1O. The molecular formula is C33H48N2O11. The van der Waals surface area contributed by atoms with Gasteiger partial charge in [-0.3, -0.25) is 4.90 Å². The van der Waals surface area contributed by atoms with E-state index in [0.29, 0.717) is 18.6 Å². The Labute approximate surface area is 269 Å². The average Bonchev–Trinajstić information content (AvgIpc) is 3.04. The summed E-state index contributed by atoms with van der Waals surface area (Å²) >= 11 is 0. The molecule has 2 aromatic rings. The first-order chi connectivity index (χ1) is 21.9. The molecule has 4 rings (SSSR count). The van der Waals surface area contributed by atoms with Crippen LogP contribution >= 0.6 is 0 Å². The fraction of sp³-hybridized carbons (Fsp3) is 0.606. The van der Waals surface area contributed by atoms with Crippen molar-refractivity contribution in [3.05, 3.63) is 71.8 Å². The van der Waals surface area contributed by atoms with Crippen LogP contribution in [0, 0.1) is 0 Å². The molecule has 0 bridgehead atoms. The Morgan fingerprint density at radius 2 is 1.46 bits per heavy atom. The number of aliphatic hydroxyl groups is 5. The van der Waals surface area contributed by atoms with Crippen LogP contribution < -0.4 is 5.32 Å². The Morgan fingerprint density at radius 1 is 0.891 bits per heavy atom. The second kappa shape index (κ2) is 16.9. The maximum atomic E-state index is 12.2. The smallest absolute Gasteiger partial charge is 0.407 e. The number of nitrogens with zero attached hydrogens (tertiary/aromatic N) is 1. The summed E-state index contributed by atoms with van der Waals surface area (Å²) in [6.45, 7) is 5.30. The maximum absolute atomic E-state index is 12.2. The van der Waals surface area contributed by atoms with Crippen LogP contribution in [-0.4, -0.2) is 124 Å². The van der Waals surface area contributed by atoms with Gasteiger partial charge in [0.05, 0.1) is 31.5 Å². The molecule has 0 saturated carbocycles. The first-order valence-corrected chi connectivity index (χ1v) is 15.6. The molecule has 6 N–H and O–H groups in total. The highest BCUT2D eigenvalue weighted by atomic mass is 16.7. The van der Waals surface area contributed by atoms with E-state index in [0.717, 1.165) is 5.56 Å². The first kappa shape index (κ1) is 36.2. The minimum atomic E-state index is -1.53. The molecule has 13 nitrogen and oxygen atoms in total. The van der Waals surface area contributed by atoms with Gasteiger partial charge in [0.25, 0.3) is 0 Å². The molecule has 1 amide bonds. The lowest BCUT2D eigenvalue weighted by molar-refractivity contribution is -0.283. The van der Waals surface area contributed by atoms with Crippen LogP contribution in [-0.2, 0) is 23.7 Å². The Morgan fingerprint density at radius 3 is 2.04 bits per heavy atom. The quantitative estimate of drug-likeness (QED) is 0.183. The van der Waals surface area contributed by atoms with E-state index in [9.17, 15) is 30.3 Å². The number of hydrogen-bond acceptors (Lipinski definition) is 12. The zero-order valence-electron chi connectivity index (χ0n) is 26.6. The molecule has 2 unspecified atom stereocenters. The average molecular weight is 649 g/mol. The Bertz CT molecular complexity index is 1190. The fourth-order valence-electron chi connectivity index (χ4n) is 5.34. The standard InChI is InChI=1S/C33H48N2O11/c1-33(2,3)46-32(41)34-15-16-35(18-23(36)27(39)26-14-17-42-30(44-26)21-10-6-4-7-11-21)19-24(37)28(40)29-25(38)20-43-31(45-29)22-12-8-5-9-13-22/h4-13,23-31,36-40H,14-20H2,1-3H3,(H,34,41)/t23-,24-,25+,26+,27+,28+,29+,30?,31?/m0/s1. The summed E-state index contributed by atoms with van der Waals surface area (Å²) in [6, 6.07) is 18.3. The van der Waals surface area contributed by atoms with Gasteiger partial charge in [-0.15, -0.1) is 0 Å². The Hall–Kier alpha value is -2.69. The van der Waals surface area contributed by atoms with E-state index in [1.54, 1.807) is 37.8 Å². The van der Waals surface area contributed by atoms with Crippen LogP contribution in [0.5, 0.6) is 0 Å². The number of aliphatic hydroxyl groups excluding tert-OH is 5. The molecule has 0 aliphatic carbocycles. The number of alkyl carbamates (subject to hydrolysis) is 1. The molecule has 2 heterocycles. The fourth-order valence-corrected chi connectivity index (χ4v) is 5.34. The van der Waals surface area contributed by atoms with Crippen LogP contribution in [0.15, 0.2) is 60.7 Å². The summed E-state index contributed by atoms with van der Waals surface area (Å²) in [7, 11) is 0. The molecule has 2 fully saturated rings. The molecule has 2 aromatic carbocycles. The number of carbonyl (C=O) groups is 1. The second-order valence-electron chi connectivity index (χ2n) is 12.6. The van der Waals surface area contributed by atoms with Gasteiger partial charge in [0.2, 0.25) is 0 Å². The summed E-state index contributed by atoms with van der Waals surface area (Å²) in [6.07, 6.45) is -10.5. The largest absolute Gasteiger partial charge is 0.444 e. The highest BCUT2D eigenvalue weighted by Gasteiger charge is 2.40. The molecule has 0 radical (unpaired) electrons. The van der Waals surface area contributed by atoms with Crippen molar-refractivity contribution in [2.24, 2.45) is 0 Å².